The maximum Gasteiger partial charge on any atom is 0.387 e. The summed E-state index contributed by atoms with van der Waals surface area (Å²) in [6.45, 7) is -2.93. The van der Waals surface area contributed by atoms with Crippen LogP contribution in [-0.2, 0) is 4.79 Å². The van der Waals surface area contributed by atoms with Crippen molar-refractivity contribution in [3.8, 4) is 5.75 Å². The van der Waals surface area contributed by atoms with Crippen LogP contribution in [0.3, 0.4) is 0 Å². The lowest BCUT2D eigenvalue weighted by atomic mass is 10.0. The normalized spacial score (nSPS) is 15.1. The lowest BCUT2D eigenvalue weighted by Crippen LogP contribution is -2.05. The van der Waals surface area contributed by atoms with Gasteiger partial charge in [0.15, 0.2) is 0 Å². The van der Waals surface area contributed by atoms with Gasteiger partial charge in [0.05, 0.1) is 0 Å². The van der Waals surface area contributed by atoms with Crippen molar-refractivity contribution in [2.24, 2.45) is 0 Å². The molecule has 0 radical (unpaired) electrons. The summed E-state index contributed by atoms with van der Waals surface area (Å²) in [5.74, 6) is -0.308. The van der Waals surface area contributed by atoms with Crippen molar-refractivity contribution >= 4 is 34.8 Å². The first-order valence-corrected chi connectivity index (χ1v) is 6.79. The van der Waals surface area contributed by atoms with Gasteiger partial charge < -0.3 is 10.1 Å². The second kappa shape index (κ2) is 5.77. The number of rotatable bonds is 3. The average Bonchev–Trinajstić information content (AvgIpc) is 2.76. The highest BCUT2D eigenvalue weighted by Gasteiger charge is 2.24. The van der Waals surface area contributed by atoms with Crippen LogP contribution in [0.25, 0.3) is 11.6 Å². The Bertz CT molecular complexity index is 774. The Morgan fingerprint density at radius 3 is 2.73 bits per heavy atom. The van der Waals surface area contributed by atoms with Gasteiger partial charge in [-0.3, -0.25) is 4.79 Å². The molecule has 3 nitrogen and oxygen atoms in total. The van der Waals surface area contributed by atoms with Crippen molar-refractivity contribution in [1.29, 1.82) is 0 Å². The molecule has 1 N–H and O–H groups in total. The molecule has 22 heavy (non-hydrogen) atoms. The minimum atomic E-state index is -2.93. The molecule has 0 atom stereocenters. The highest BCUT2D eigenvalue weighted by atomic mass is 35.5. The van der Waals surface area contributed by atoms with Crippen molar-refractivity contribution in [3.05, 3.63) is 58.6 Å². The summed E-state index contributed by atoms with van der Waals surface area (Å²) in [7, 11) is 0. The molecule has 1 amide bonds. The summed E-state index contributed by atoms with van der Waals surface area (Å²) in [6.07, 6.45) is 1.51. The standard InChI is InChI=1S/C16H10ClF2NO2/c17-10-5-6-13-11(8-10)12(15(21)20-13)7-9-3-1-2-4-14(9)22-16(18)19/h1-8,16H,(H,20,21)/b12-7+. The number of benzene rings is 2. The molecular weight excluding hydrogens is 312 g/mol. The number of amides is 1. The number of halogens is 3. The van der Waals surface area contributed by atoms with E-state index in [4.69, 9.17) is 11.6 Å². The first-order chi connectivity index (χ1) is 10.5. The molecule has 0 saturated carbocycles. The number of carbonyl (C=O) groups is 1. The van der Waals surface area contributed by atoms with Gasteiger partial charge in [-0.25, -0.2) is 0 Å². The zero-order valence-corrected chi connectivity index (χ0v) is 11.9. The number of fused-ring (bicyclic) bond motifs is 1. The van der Waals surface area contributed by atoms with E-state index in [-0.39, 0.29) is 11.7 Å². The quantitative estimate of drug-likeness (QED) is 0.849. The number of alkyl halides is 2. The third-order valence-corrected chi connectivity index (χ3v) is 3.43. The van der Waals surface area contributed by atoms with Gasteiger partial charge in [0.25, 0.3) is 5.91 Å². The largest absolute Gasteiger partial charge is 0.434 e. The van der Waals surface area contributed by atoms with Gasteiger partial charge in [-0.05, 0) is 30.3 Å². The number of anilines is 1. The Balaban J connectivity index is 2.07. The zero-order valence-electron chi connectivity index (χ0n) is 11.1. The van der Waals surface area contributed by atoms with Crippen LogP contribution in [-0.4, -0.2) is 12.5 Å². The summed E-state index contributed by atoms with van der Waals surface area (Å²) in [4.78, 5) is 12.1. The lowest BCUT2D eigenvalue weighted by Gasteiger charge is -2.08. The Morgan fingerprint density at radius 1 is 1.18 bits per heavy atom. The average molecular weight is 322 g/mol. The first-order valence-electron chi connectivity index (χ1n) is 6.41. The molecule has 6 heteroatoms. The molecular formula is C16H10ClF2NO2. The molecule has 2 aromatic rings. The van der Waals surface area contributed by atoms with E-state index < -0.39 is 6.61 Å². The van der Waals surface area contributed by atoms with Gasteiger partial charge in [-0.2, -0.15) is 8.78 Å². The Hall–Kier alpha value is -2.40. The molecule has 1 aliphatic rings. The maximum absolute atomic E-state index is 12.4. The van der Waals surface area contributed by atoms with Gasteiger partial charge in [-0.1, -0.05) is 29.8 Å². The SMILES string of the molecule is O=C1Nc2ccc(Cl)cc2/C1=C\c1ccccc1OC(F)F. The molecule has 2 aromatic carbocycles. The highest BCUT2D eigenvalue weighted by Crippen LogP contribution is 2.36. The van der Waals surface area contributed by atoms with E-state index in [1.54, 1.807) is 36.4 Å². The first kappa shape index (κ1) is 14.5. The van der Waals surface area contributed by atoms with Crippen LogP contribution in [0.15, 0.2) is 42.5 Å². The second-order valence-electron chi connectivity index (χ2n) is 4.62. The zero-order chi connectivity index (χ0) is 15.7. The number of para-hydroxylation sites is 1. The van der Waals surface area contributed by atoms with E-state index in [0.29, 0.717) is 27.4 Å². The highest BCUT2D eigenvalue weighted by molar-refractivity contribution is 6.36. The van der Waals surface area contributed by atoms with E-state index in [2.05, 4.69) is 10.1 Å². The maximum atomic E-state index is 12.4. The molecule has 0 aliphatic carbocycles. The number of nitrogens with one attached hydrogen (secondary N) is 1. The third kappa shape index (κ3) is 2.80. The predicted molar refractivity (Wildman–Crippen MR) is 81.0 cm³/mol. The van der Waals surface area contributed by atoms with Crippen LogP contribution in [0, 0.1) is 0 Å². The van der Waals surface area contributed by atoms with E-state index in [1.807, 2.05) is 0 Å². The number of hydrogen-bond donors (Lipinski definition) is 1. The minimum Gasteiger partial charge on any atom is -0.434 e. The monoisotopic (exact) mass is 321 g/mol. The summed E-state index contributed by atoms with van der Waals surface area (Å²) in [6, 6.07) is 11.3. The molecule has 3 rings (SSSR count). The summed E-state index contributed by atoms with van der Waals surface area (Å²) < 4.78 is 29.4. The molecule has 112 valence electrons. The lowest BCUT2D eigenvalue weighted by molar-refractivity contribution is -0.110. The third-order valence-electron chi connectivity index (χ3n) is 3.20. The van der Waals surface area contributed by atoms with Crippen LogP contribution < -0.4 is 10.1 Å². The minimum absolute atomic E-state index is 0.00766. The van der Waals surface area contributed by atoms with Gasteiger partial charge in [0, 0.05) is 27.4 Å². The Labute approximate surface area is 130 Å². The molecule has 0 bridgehead atoms. The summed E-state index contributed by atoms with van der Waals surface area (Å²) in [5.41, 5.74) is 2.00. The van der Waals surface area contributed by atoms with Crippen molar-refractivity contribution in [3.63, 3.8) is 0 Å². The van der Waals surface area contributed by atoms with Gasteiger partial charge in [0.2, 0.25) is 0 Å². The Morgan fingerprint density at radius 2 is 1.95 bits per heavy atom. The van der Waals surface area contributed by atoms with E-state index in [0.717, 1.165) is 0 Å². The topological polar surface area (TPSA) is 38.3 Å². The number of carbonyl (C=O) groups excluding carboxylic acids is 1. The van der Waals surface area contributed by atoms with E-state index >= 15 is 0 Å². The van der Waals surface area contributed by atoms with Crippen molar-refractivity contribution in [1.82, 2.24) is 0 Å². The van der Waals surface area contributed by atoms with Crippen LogP contribution in [0.1, 0.15) is 11.1 Å². The van der Waals surface area contributed by atoms with Gasteiger partial charge >= 0.3 is 6.61 Å². The fourth-order valence-corrected chi connectivity index (χ4v) is 2.43. The molecule has 0 fully saturated rings. The van der Waals surface area contributed by atoms with Gasteiger partial charge in [-0.15, -0.1) is 0 Å². The smallest absolute Gasteiger partial charge is 0.387 e. The Kier molecular flexibility index (Phi) is 3.81. The fourth-order valence-electron chi connectivity index (χ4n) is 2.26. The number of hydrogen-bond acceptors (Lipinski definition) is 2. The van der Waals surface area contributed by atoms with Crippen molar-refractivity contribution in [2.45, 2.75) is 6.61 Å². The summed E-state index contributed by atoms with van der Waals surface area (Å²) in [5, 5.41) is 3.18. The van der Waals surface area contributed by atoms with Crippen LogP contribution in [0.4, 0.5) is 14.5 Å². The molecule has 0 unspecified atom stereocenters. The molecule has 1 heterocycles. The van der Waals surface area contributed by atoms with E-state index in [1.165, 1.54) is 12.1 Å². The predicted octanol–water partition coefficient (Wildman–Crippen LogP) is 4.43. The van der Waals surface area contributed by atoms with Crippen molar-refractivity contribution in [2.75, 3.05) is 5.32 Å². The van der Waals surface area contributed by atoms with Gasteiger partial charge in [0.1, 0.15) is 5.75 Å². The molecule has 1 aliphatic heterocycles. The van der Waals surface area contributed by atoms with Crippen LogP contribution in [0.2, 0.25) is 5.02 Å². The van der Waals surface area contributed by atoms with Crippen LogP contribution >= 0.6 is 11.6 Å². The molecule has 0 saturated heterocycles. The molecule has 0 spiro atoms. The second-order valence-corrected chi connectivity index (χ2v) is 5.05. The summed E-state index contributed by atoms with van der Waals surface area (Å²) >= 11 is 5.95. The van der Waals surface area contributed by atoms with E-state index in [9.17, 15) is 13.6 Å². The van der Waals surface area contributed by atoms with Crippen molar-refractivity contribution < 1.29 is 18.3 Å². The number of ether oxygens (including phenoxy) is 1. The van der Waals surface area contributed by atoms with Crippen LogP contribution in [0.5, 0.6) is 5.75 Å². The fraction of sp³-hybridized carbons (Fsp3) is 0.0625. The molecule has 0 aromatic heterocycles.